The fourth-order valence-electron chi connectivity index (χ4n) is 0.917. The van der Waals surface area contributed by atoms with Crippen LogP contribution >= 0.6 is 0 Å². The molecule has 0 aliphatic rings. The largest absolute Gasteiger partial charge is 0.494 e. The molecule has 1 rings (SSSR count). The van der Waals surface area contributed by atoms with Gasteiger partial charge in [-0.1, -0.05) is 0 Å². The van der Waals surface area contributed by atoms with Crippen LogP contribution in [0.1, 0.15) is 6.92 Å². The zero-order chi connectivity index (χ0) is 8.81. The maximum Gasteiger partial charge on any atom is 0.119 e. The van der Waals surface area contributed by atoms with Gasteiger partial charge < -0.3 is 9.47 Å². The Morgan fingerprint density at radius 1 is 1.08 bits per heavy atom. The van der Waals surface area contributed by atoms with Crippen LogP contribution in [0.5, 0.6) is 11.5 Å². The highest BCUT2D eigenvalue weighted by Crippen LogP contribution is 2.16. The Morgan fingerprint density at radius 2 is 1.58 bits per heavy atom. The zero-order valence-corrected chi connectivity index (χ0v) is 7.25. The van der Waals surface area contributed by atoms with Crippen LogP contribution in [0.4, 0.5) is 0 Å². The predicted molar refractivity (Wildman–Crippen MR) is 48.5 cm³/mol. The van der Waals surface area contributed by atoms with Gasteiger partial charge in [0.1, 0.15) is 11.5 Å². The van der Waals surface area contributed by atoms with Crippen molar-refractivity contribution in [2.45, 2.75) is 6.92 Å². The summed E-state index contributed by atoms with van der Waals surface area (Å²) in [4.78, 5) is 0. The lowest BCUT2D eigenvalue weighted by Crippen LogP contribution is -1.93. The molecule has 0 aliphatic heterocycles. The molecule has 0 atom stereocenters. The number of ether oxygens (including phenoxy) is 2. The van der Waals surface area contributed by atoms with Gasteiger partial charge in [0.15, 0.2) is 0 Å². The van der Waals surface area contributed by atoms with Crippen LogP contribution in [0.25, 0.3) is 0 Å². The Morgan fingerprint density at radius 3 is 2.00 bits per heavy atom. The monoisotopic (exact) mass is 165 g/mol. The minimum absolute atomic E-state index is 0.452. The smallest absolute Gasteiger partial charge is 0.119 e. The maximum absolute atomic E-state index is 5.27. The van der Waals surface area contributed by atoms with Crippen molar-refractivity contribution in [3.63, 3.8) is 0 Å². The normalized spacial score (nSPS) is 9.50. The number of hydrogen-bond donors (Lipinski definition) is 0. The Balaban J connectivity index is 2.58. The van der Waals surface area contributed by atoms with Crippen molar-refractivity contribution < 1.29 is 9.47 Å². The highest BCUT2D eigenvalue weighted by atomic mass is 16.5. The van der Waals surface area contributed by atoms with Crippen molar-refractivity contribution in [1.29, 1.82) is 0 Å². The van der Waals surface area contributed by atoms with Crippen molar-refractivity contribution in [2.75, 3.05) is 13.2 Å². The van der Waals surface area contributed by atoms with E-state index in [0.717, 1.165) is 11.5 Å². The van der Waals surface area contributed by atoms with E-state index in [1.54, 1.807) is 0 Å². The summed E-state index contributed by atoms with van der Waals surface area (Å²) in [6, 6.07) is 7.51. The molecule has 1 aromatic carbocycles. The van der Waals surface area contributed by atoms with Gasteiger partial charge in [0.05, 0.1) is 13.2 Å². The second kappa shape index (κ2) is 4.65. The Hall–Kier alpha value is -1.18. The highest BCUT2D eigenvalue weighted by Gasteiger charge is 1.93. The minimum atomic E-state index is 0.452. The van der Waals surface area contributed by atoms with Gasteiger partial charge in [-0.3, -0.25) is 0 Å². The summed E-state index contributed by atoms with van der Waals surface area (Å²) in [7, 11) is 0. The fraction of sp³-hybridized carbons (Fsp3) is 0.300. The van der Waals surface area contributed by atoms with Gasteiger partial charge in [-0.15, -0.1) is 0 Å². The third-order valence-electron chi connectivity index (χ3n) is 1.40. The van der Waals surface area contributed by atoms with E-state index in [0.29, 0.717) is 13.2 Å². The van der Waals surface area contributed by atoms with Crippen LogP contribution in [0, 0.1) is 6.92 Å². The molecular weight excluding hydrogens is 152 g/mol. The molecule has 0 fully saturated rings. The molecule has 0 spiro atoms. The molecule has 1 aromatic rings. The summed E-state index contributed by atoms with van der Waals surface area (Å²) in [5, 5.41) is 0. The Bertz CT molecular complexity index is 191. The third-order valence-corrected chi connectivity index (χ3v) is 1.40. The Kier molecular flexibility index (Phi) is 3.45. The molecule has 2 heteroatoms. The van der Waals surface area contributed by atoms with Crippen LogP contribution in [-0.4, -0.2) is 13.2 Å². The molecule has 0 unspecified atom stereocenters. The standard InChI is InChI=1S/C10H13O2/c1-3-11-9-5-7-10(8-6-9)12-4-2/h5-8H,1,3-4H2,2H3. The topological polar surface area (TPSA) is 18.5 Å². The molecule has 0 saturated carbocycles. The van der Waals surface area contributed by atoms with Crippen LogP contribution in [0.3, 0.4) is 0 Å². The molecule has 0 N–H and O–H groups in total. The highest BCUT2D eigenvalue weighted by molar-refractivity contribution is 5.31. The molecule has 0 aliphatic carbocycles. The lowest BCUT2D eigenvalue weighted by atomic mass is 10.3. The number of hydrogen-bond acceptors (Lipinski definition) is 2. The van der Waals surface area contributed by atoms with Gasteiger partial charge in [-0.2, -0.15) is 0 Å². The number of benzene rings is 1. The van der Waals surface area contributed by atoms with Crippen LogP contribution < -0.4 is 9.47 Å². The van der Waals surface area contributed by atoms with Gasteiger partial charge in [0.25, 0.3) is 0 Å². The molecule has 0 saturated heterocycles. The summed E-state index contributed by atoms with van der Waals surface area (Å²) in [6.45, 7) is 6.69. The molecule has 65 valence electrons. The summed E-state index contributed by atoms with van der Waals surface area (Å²) < 4.78 is 10.4. The maximum atomic E-state index is 5.27. The molecule has 0 aromatic heterocycles. The summed E-state index contributed by atoms with van der Waals surface area (Å²) in [5.74, 6) is 1.70. The van der Waals surface area contributed by atoms with Crippen molar-refractivity contribution in [3.05, 3.63) is 31.2 Å². The van der Waals surface area contributed by atoms with E-state index in [4.69, 9.17) is 9.47 Å². The van der Waals surface area contributed by atoms with Gasteiger partial charge in [0.2, 0.25) is 0 Å². The van der Waals surface area contributed by atoms with Crippen LogP contribution in [0.2, 0.25) is 0 Å². The van der Waals surface area contributed by atoms with Crippen LogP contribution in [0.15, 0.2) is 24.3 Å². The average molecular weight is 165 g/mol. The van der Waals surface area contributed by atoms with Crippen molar-refractivity contribution in [2.24, 2.45) is 0 Å². The summed E-state index contributed by atoms with van der Waals surface area (Å²) in [6.07, 6.45) is 0. The van der Waals surface area contributed by atoms with Crippen molar-refractivity contribution in [1.82, 2.24) is 0 Å². The Labute approximate surface area is 73.1 Å². The zero-order valence-electron chi connectivity index (χ0n) is 7.25. The van der Waals surface area contributed by atoms with Crippen molar-refractivity contribution in [3.8, 4) is 11.5 Å². The molecule has 0 amide bonds. The van der Waals surface area contributed by atoms with E-state index < -0.39 is 0 Å². The van der Waals surface area contributed by atoms with E-state index in [9.17, 15) is 0 Å². The molecule has 12 heavy (non-hydrogen) atoms. The van der Waals surface area contributed by atoms with E-state index in [1.165, 1.54) is 0 Å². The number of rotatable bonds is 4. The van der Waals surface area contributed by atoms with E-state index in [2.05, 4.69) is 6.92 Å². The van der Waals surface area contributed by atoms with Gasteiger partial charge >= 0.3 is 0 Å². The SMILES string of the molecule is [CH2]COc1ccc(OCC)cc1. The lowest BCUT2D eigenvalue weighted by molar-refractivity contribution is 0.336. The van der Waals surface area contributed by atoms with Crippen molar-refractivity contribution >= 4 is 0 Å². The van der Waals surface area contributed by atoms with Gasteiger partial charge in [0, 0.05) is 0 Å². The van der Waals surface area contributed by atoms with E-state index in [1.807, 2.05) is 31.2 Å². The second-order valence-corrected chi connectivity index (χ2v) is 2.25. The third kappa shape index (κ3) is 2.46. The fourth-order valence-corrected chi connectivity index (χ4v) is 0.917. The molecular formula is C10H13O2. The average Bonchev–Trinajstić information content (AvgIpc) is 2.09. The van der Waals surface area contributed by atoms with Crippen LogP contribution in [-0.2, 0) is 0 Å². The summed E-state index contributed by atoms with van der Waals surface area (Å²) in [5.41, 5.74) is 0. The van der Waals surface area contributed by atoms with Gasteiger partial charge in [-0.25, -0.2) is 0 Å². The first-order valence-electron chi connectivity index (χ1n) is 4.01. The second-order valence-electron chi connectivity index (χ2n) is 2.25. The quantitative estimate of drug-likeness (QED) is 0.681. The first-order valence-corrected chi connectivity index (χ1v) is 4.01. The molecule has 1 radical (unpaired) electrons. The van der Waals surface area contributed by atoms with Gasteiger partial charge in [-0.05, 0) is 38.1 Å². The predicted octanol–water partition coefficient (Wildman–Crippen LogP) is 2.30. The first kappa shape index (κ1) is 8.91. The van der Waals surface area contributed by atoms with E-state index in [-0.39, 0.29) is 0 Å². The summed E-state index contributed by atoms with van der Waals surface area (Å²) >= 11 is 0. The molecule has 0 heterocycles. The first-order chi connectivity index (χ1) is 5.86. The van der Waals surface area contributed by atoms with E-state index >= 15 is 0 Å². The lowest BCUT2D eigenvalue weighted by Gasteiger charge is -2.04. The molecule has 2 nitrogen and oxygen atoms in total. The molecule has 0 bridgehead atoms. The minimum Gasteiger partial charge on any atom is -0.494 e.